The van der Waals surface area contributed by atoms with Gasteiger partial charge in [0.25, 0.3) is 5.56 Å². The lowest BCUT2D eigenvalue weighted by Gasteiger charge is -2.29. The van der Waals surface area contributed by atoms with E-state index in [-0.39, 0.29) is 31.2 Å². The second-order valence-corrected chi connectivity index (χ2v) is 14.4. The van der Waals surface area contributed by atoms with Crippen LogP contribution in [-0.4, -0.2) is 46.7 Å². The summed E-state index contributed by atoms with van der Waals surface area (Å²) in [7, 11) is -12.9. The first kappa shape index (κ1) is 26.0. The molecule has 13 nitrogen and oxygen atoms in total. The zero-order chi connectivity index (χ0) is 24.4. The molecule has 2 bridgehead atoms. The molecule has 19 heteroatoms. The average Bonchev–Trinajstić information content (AvgIpc) is 3.19. The quantitative estimate of drug-likeness (QED) is 0.293. The molecule has 0 radical (unpaired) electrons. The Morgan fingerprint density at radius 1 is 1.22 bits per heavy atom. The number of ether oxygens (including phenoxy) is 1. The smallest absolute Gasteiger partial charge is 0.346 e. The van der Waals surface area contributed by atoms with Crippen LogP contribution >= 0.6 is 21.9 Å². The highest BCUT2D eigenvalue weighted by Crippen LogP contribution is 2.77. The third-order valence-corrected chi connectivity index (χ3v) is 11.3. The van der Waals surface area contributed by atoms with Crippen LogP contribution < -0.4 is 11.2 Å². The number of nitrogens with zero attached hydrogens (tertiary/aromatic N) is 1. The minimum Gasteiger partial charge on any atom is -0.346 e. The molecule has 2 atom stereocenters. The summed E-state index contributed by atoms with van der Waals surface area (Å²) in [5.41, 5.74) is -3.33. The van der Waals surface area contributed by atoms with Gasteiger partial charge in [0.2, 0.25) is 0 Å². The fraction of sp³-hybridized carbons (Fsp3) is 0.692. The third-order valence-electron chi connectivity index (χ3n) is 5.30. The van der Waals surface area contributed by atoms with Gasteiger partial charge in [-0.25, -0.2) is 9.11 Å². The van der Waals surface area contributed by atoms with Crippen molar-refractivity contribution in [2.75, 3.05) is 6.61 Å². The molecular weight excluding hydrogens is 523 g/mol. The molecule has 2 fully saturated rings. The van der Waals surface area contributed by atoms with E-state index < -0.39 is 56.5 Å². The molecule has 0 saturated carbocycles. The van der Waals surface area contributed by atoms with Crippen LogP contribution in [0.25, 0.3) is 0 Å². The lowest BCUT2D eigenvalue weighted by Crippen LogP contribution is -2.43. The van der Waals surface area contributed by atoms with Crippen molar-refractivity contribution in [2.24, 2.45) is 0 Å². The van der Waals surface area contributed by atoms with E-state index in [1.165, 1.54) is 17.7 Å². The topological polar surface area (TPSA) is 198 Å². The Morgan fingerprint density at radius 2 is 1.78 bits per heavy atom. The van der Waals surface area contributed by atoms with Crippen molar-refractivity contribution in [3.8, 4) is 0 Å². The largest absolute Gasteiger partial charge is 0.444 e. The zero-order valence-corrected chi connectivity index (χ0v) is 19.7. The SMILES string of the molecule is Cc1cn(C23CCC(COP(O)(=S)OP(=O)(O)C(F)(F)P(=O)(O)O)(CC2)O3)c(=O)[nH]c1=O. The van der Waals surface area contributed by atoms with Gasteiger partial charge in [-0.2, -0.15) is 8.78 Å². The Kier molecular flexibility index (Phi) is 6.46. The Labute approximate surface area is 183 Å². The molecule has 2 aliphatic rings. The summed E-state index contributed by atoms with van der Waals surface area (Å²) in [4.78, 5) is 62.5. The first-order chi connectivity index (χ1) is 14.4. The number of alkyl halides is 2. The van der Waals surface area contributed by atoms with Crippen LogP contribution in [0.1, 0.15) is 31.2 Å². The van der Waals surface area contributed by atoms with Gasteiger partial charge < -0.3 is 28.8 Å². The molecule has 5 N–H and O–H groups in total. The van der Waals surface area contributed by atoms with E-state index in [1.807, 2.05) is 0 Å². The number of nitrogens with one attached hydrogen (secondary N) is 1. The number of hydrogen-bond donors (Lipinski definition) is 5. The van der Waals surface area contributed by atoms with Crippen LogP contribution in [0.3, 0.4) is 0 Å². The number of rotatable bonds is 8. The van der Waals surface area contributed by atoms with Crippen LogP contribution in [0.4, 0.5) is 8.78 Å². The first-order valence-electron chi connectivity index (χ1n) is 8.84. The lowest BCUT2D eigenvalue weighted by atomic mass is 9.86. The number of aromatic nitrogens is 2. The number of aryl methyl sites for hydroxylation is 1. The lowest BCUT2D eigenvalue weighted by molar-refractivity contribution is -0.112. The molecule has 3 rings (SSSR count). The van der Waals surface area contributed by atoms with Crippen molar-refractivity contribution in [3.63, 3.8) is 0 Å². The van der Waals surface area contributed by atoms with Crippen LogP contribution in [0.5, 0.6) is 0 Å². The predicted octanol–water partition coefficient (Wildman–Crippen LogP) is 1.00. The minimum atomic E-state index is -6.44. The molecule has 0 aliphatic carbocycles. The van der Waals surface area contributed by atoms with Crippen LogP contribution in [0.2, 0.25) is 0 Å². The summed E-state index contributed by atoms with van der Waals surface area (Å²) in [6, 6.07) is 0. The standard InChI is InChI=1S/C13H19F2N2O11P3S/c1-8-6-17(10(19)16-9(8)18)12-4-2-11(27-12,3-5-12)7-26-31(25,32)28-30(23,24)13(14,15)29(20,21)22/h6H,2-5,7H2,1H3,(H,23,24)(H,25,32)(H,16,18,19)(H2,20,21,22). The highest BCUT2D eigenvalue weighted by Gasteiger charge is 2.66. The van der Waals surface area contributed by atoms with Gasteiger partial charge in [-0.1, -0.05) is 0 Å². The fourth-order valence-electron chi connectivity index (χ4n) is 3.61. The minimum absolute atomic E-state index is 0.252. The summed E-state index contributed by atoms with van der Waals surface area (Å²) in [6.45, 7) is -3.98. The van der Waals surface area contributed by atoms with Crippen molar-refractivity contribution < 1.29 is 51.1 Å². The van der Waals surface area contributed by atoms with Gasteiger partial charge in [-0.15, -0.1) is 0 Å². The summed E-state index contributed by atoms with van der Waals surface area (Å²) in [6.07, 6.45) is 2.40. The second-order valence-electron chi connectivity index (χ2n) is 7.57. The van der Waals surface area contributed by atoms with E-state index in [4.69, 9.17) is 19.0 Å². The zero-order valence-electron chi connectivity index (χ0n) is 16.2. The van der Waals surface area contributed by atoms with E-state index in [0.717, 1.165) is 0 Å². The van der Waals surface area contributed by atoms with Gasteiger partial charge in [-0.3, -0.25) is 23.5 Å². The molecule has 2 unspecified atom stereocenters. The Bertz CT molecular complexity index is 1190. The van der Waals surface area contributed by atoms with Gasteiger partial charge >= 0.3 is 33.0 Å². The molecule has 0 spiro atoms. The van der Waals surface area contributed by atoms with E-state index >= 15 is 0 Å². The Morgan fingerprint density at radius 3 is 2.31 bits per heavy atom. The molecule has 182 valence electrons. The maximum absolute atomic E-state index is 13.6. The number of H-pyrrole nitrogens is 1. The third kappa shape index (κ3) is 4.51. The van der Waals surface area contributed by atoms with Crippen LogP contribution in [-0.2, 0) is 40.2 Å². The van der Waals surface area contributed by atoms with E-state index in [9.17, 15) is 37.3 Å². The second kappa shape index (κ2) is 7.96. The van der Waals surface area contributed by atoms with E-state index in [2.05, 4.69) is 21.1 Å². The molecule has 2 aliphatic heterocycles. The van der Waals surface area contributed by atoms with Gasteiger partial charge in [0.15, 0.2) is 0 Å². The highest BCUT2D eigenvalue weighted by atomic mass is 32.5. The monoisotopic (exact) mass is 542 g/mol. The summed E-state index contributed by atoms with van der Waals surface area (Å²) < 4.78 is 65.7. The molecule has 0 aromatic carbocycles. The maximum atomic E-state index is 13.6. The van der Waals surface area contributed by atoms with E-state index in [1.54, 1.807) is 0 Å². The average molecular weight is 542 g/mol. The number of aromatic amines is 1. The molecule has 0 amide bonds. The van der Waals surface area contributed by atoms with Crippen LogP contribution in [0.15, 0.2) is 15.8 Å². The molecular formula is C13H19F2N2O11P3S. The van der Waals surface area contributed by atoms with Crippen molar-refractivity contribution in [3.05, 3.63) is 32.6 Å². The van der Waals surface area contributed by atoms with Crippen molar-refractivity contribution in [2.45, 2.75) is 49.3 Å². The molecule has 1 aromatic heterocycles. The molecule has 3 heterocycles. The number of halogens is 2. The molecule has 32 heavy (non-hydrogen) atoms. The first-order valence-corrected chi connectivity index (χ1v) is 14.6. The summed E-state index contributed by atoms with van der Waals surface area (Å²) in [5, 5.41) is -5.52. The predicted molar refractivity (Wildman–Crippen MR) is 107 cm³/mol. The van der Waals surface area contributed by atoms with E-state index in [0.29, 0.717) is 0 Å². The number of fused-ring (bicyclic) bond motifs is 2. The fourth-order valence-corrected chi connectivity index (χ4v) is 8.33. The van der Waals surface area contributed by atoms with Crippen LogP contribution in [0, 0.1) is 6.92 Å². The molecule has 1 aromatic rings. The number of hydrogen-bond acceptors (Lipinski definition) is 8. The Hall–Kier alpha value is -0.630. The van der Waals surface area contributed by atoms with Crippen molar-refractivity contribution >= 4 is 33.7 Å². The highest BCUT2D eigenvalue weighted by molar-refractivity contribution is 8.08. The maximum Gasteiger partial charge on any atom is 0.444 e. The normalized spacial score (nSPS) is 29.6. The van der Waals surface area contributed by atoms with Crippen molar-refractivity contribution in [1.82, 2.24) is 9.55 Å². The summed E-state index contributed by atoms with van der Waals surface area (Å²) in [5.74, 6) is 0. The van der Waals surface area contributed by atoms with Gasteiger partial charge in [-0.05, 0) is 44.4 Å². The summed E-state index contributed by atoms with van der Waals surface area (Å²) >= 11 is 4.46. The van der Waals surface area contributed by atoms with Gasteiger partial charge in [0, 0.05) is 11.8 Å². The van der Waals surface area contributed by atoms with Gasteiger partial charge in [0.1, 0.15) is 5.72 Å². The van der Waals surface area contributed by atoms with Crippen molar-refractivity contribution in [1.29, 1.82) is 0 Å². The van der Waals surface area contributed by atoms with Gasteiger partial charge in [0.05, 0.1) is 12.2 Å². The Balaban J connectivity index is 1.75. The molecule has 2 saturated heterocycles.